The smallest absolute Gasteiger partial charge is 0.240 e. The summed E-state index contributed by atoms with van der Waals surface area (Å²) in [5, 5.41) is 2.80. The molecular formula is C2H2S2-2. The summed E-state index contributed by atoms with van der Waals surface area (Å²) in [6, 6.07) is 0. The molecule has 24 valence electrons. The molecule has 0 nitrogen and oxygen atoms in total. The average Bonchev–Trinajstić information content (AvgIpc) is 1.37. The second-order valence-electron chi connectivity index (χ2n) is 0.272. The molecule has 0 unspecified atom stereocenters. The van der Waals surface area contributed by atoms with Crippen LogP contribution in [-0.2, 0) is 25.3 Å². The van der Waals surface area contributed by atoms with Crippen molar-refractivity contribution in [2.75, 3.05) is 0 Å². The van der Waals surface area contributed by atoms with Crippen LogP contribution in [0, 0.1) is 0 Å². The highest BCUT2D eigenvalue weighted by Crippen LogP contribution is 1.52. The molecule has 0 aliphatic heterocycles. The Morgan fingerprint density at radius 1 is 1.00 bits per heavy atom. The quantitative estimate of drug-likeness (QED) is 0.398. The molecule has 0 spiro atoms. The molecule has 0 aromatic carbocycles. The van der Waals surface area contributed by atoms with Gasteiger partial charge in [0, 0.05) is 0 Å². The van der Waals surface area contributed by atoms with E-state index in [0.717, 1.165) is 0 Å². The van der Waals surface area contributed by atoms with Gasteiger partial charge >= 0.3 is 0 Å². The lowest BCUT2D eigenvalue weighted by atomic mass is 11.3. The van der Waals surface area contributed by atoms with Crippen LogP contribution < -0.4 is 0 Å². The Kier molecular flexibility index (Phi) is 3.32. The predicted molar refractivity (Wildman–Crippen MR) is 23.9 cm³/mol. The Hall–Kier alpha value is 0.180. The zero-order valence-corrected chi connectivity index (χ0v) is 3.60. The van der Waals surface area contributed by atoms with E-state index < -0.39 is 0 Å². The van der Waals surface area contributed by atoms with Crippen molar-refractivity contribution in [1.29, 1.82) is 0 Å². The SMILES string of the molecule is [S-]/C=C\[S-]. The van der Waals surface area contributed by atoms with E-state index in [-0.39, 0.29) is 0 Å². The van der Waals surface area contributed by atoms with Gasteiger partial charge in [-0.2, -0.15) is 0 Å². The molecule has 0 saturated carbocycles. The average molecular weight is 90.2 g/mol. The van der Waals surface area contributed by atoms with Crippen molar-refractivity contribution in [3.63, 3.8) is 0 Å². The van der Waals surface area contributed by atoms with Crippen LogP contribution in [0.1, 0.15) is 0 Å². The molecule has 0 aliphatic carbocycles. The van der Waals surface area contributed by atoms with E-state index in [0.29, 0.717) is 0 Å². The molecule has 0 aromatic heterocycles. The van der Waals surface area contributed by atoms with Gasteiger partial charge in [-0.15, -0.1) is 0 Å². The fraction of sp³-hybridized carbons (Fsp3) is 0. The summed E-state index contributed by atoms with van der Waals surface area (Å²) >= 11 is 8.54. The highest BCUT2D eigenvalue weighted by atomic mass is 32.1. The molecule has 0 atom stereocenters. The molecule has 0 amide bonds. The summed E-state index contributed by atoms with van der Waals surface area (Å²) in [7, 11) is 0. The molecule has 0 N–H and O–H groups in total. The summed E-state index contributed by atoms with van der Waals surface area (Å²) < 4.78 is 0. The van der Waals surface area contributed by atoms with Crippen molar-refractivity contribution in [3.05, 3.63) is 10.8 Å². The number of hydrogen-bond acceptors (Lipinski definition) is 2. The molecule has 0 aliphatic rings. The zero-order valence-electron chi connectivity index (χ0n) is 1.97. The van der Waals surface area contributed by atoms with Crippen LogP contribution in [0.2, 0.25) is 0 Å². The van der Waals surface area contributed by atoms with Gasteiger partial charge in [0.2, 0.25) is 0 Å². The Labute approximate surface area is 36.7 Å². The Morgan fingerprint density at radius 3 is 1.25 bits per heavy atom. The molecule has 0 saturated heterocycles. The van der Waals surface area contributed by atoms with Gasteiger partial charge in [-0.25, -0.2) is 10.8 Å². The Morgan fingerprint density at radius 2 is 1.25 bits per heavy atom. The minimum Gasteiger partial charge on any atom is -0.789 e. The van der Waals surface area contributed by atoms with Crippen molar-refractivity contribution in [3.8, 4) is 0 Å². The molecule has 0 fully saturated rings. The van der Waals surface area contributed by atoms with E-state index in [4.69, 9.17) is 0 Å². The van der Waals surface area contributed by atoms with E-state index in [9.17, 15) is 0 Å². The molecule has 0 bridgehead atoms. The molecule has 0 radical (unpaired) electrons. The standard InChI is InChI=1S/C2H4S2/c3-1-2-4/h1-4H/p-2/b2-1-. The second-order valence-corrected chi connectivity index (χ2v) is 0.816. The van der Waals surface area contributed by atoms with Crippen molar-refractivity contribution in [2.45, 2.75) is 0 Å². The van der Waals surface area contributed by atoms with Gasteiger partial charge < -0.3 is 25.3 Å². The van der Waals surface area contributed by atoms with Gasteiger partial charge in [0.25, 0.3) is 0 Å². The van der Waals surface area contributed by atoms with Crippen LogP contribution in [0.15, 0.2) is 10.8 Å². The van der Waals surface area contributed by atoms with Crippen LogP contribution in [0.25, 0.3) is 0 Å². The van der Waals surface area contributed by atoms with Gasteiger partial charge in [0.1, 0.15) is 0 Å². The summed E-state index contributed by atoms with van der Waals surface area (Å²) in [4.78, 5) is 0. The second kappa shape index (κ2) is 3.18. The highest BCUT2D eigenvalue weighted by Gasteiger charge is 1.02. The summed E-state index contributed by atoms with van der Waals surface area (Å²) in [6.45, 7) is 0. The fourth-order valence-electron chi connectivity index (χ4n) is 0. The first-order valence-corrected chi connectivity index (χ1v) is 1.75. The van der Waals surface area contributed by atoms with Crippen LogP contribution in [0.4, 0.5) is 0 Å². The van der Waals surface area contributed by atoms with E-state index in [1.54, 1.807) is 0 Å². The largest absolute Gasteiger partial charge is 0.789 e. The maximum atomic E-state index is 4.27. The third-order valence-electron chi connectivity index (χ3n) is 0.0556. The molecule has 0 rings (SSSR count). The first-order valence-electron chi connectivity index (χ1n) is 0.805. The van der Waals surface area contributed by atoms with E-state index in [1.807, 2.05) is 0 Å². The van der Waals surface area contributed by atoms with Crippen molar-refractivity contribution in [1.82, 2.24) is 0 Å². The summed E-state index contributed by atoms with van der Waals surface area (Å²) in [5.74, 6) is 0. The first-order chi connectivity index (χ1) is 1.91. The van der Waals surface area contributed by atoms with Gasteiger partial charge in [-0.05, 0) is 0 Å². The Bertz CT molecular complexity index is 19.2. The van der Waals surface area contributed by atoms with Gasteiger partial charge in [0.05, 0.1) is 0 Å². The number of hydrogen-bond donors (Lipinski definition) is 0. The van der Waals surface area contributed by atoms with E-state index in [1.165, 1.54) is 10.8 Å². The fourth-order valence-corrected chi connectivity index (χ4v) is 0. The maximum Gasteiger partial charge on any atom is -0.240 e. The normalized spacial score (nSPS) is 9.00. The Balaban J connectivity index is 2.55. The molecule has 2 heteroatoms. The predicted octanol–water partition coefficient (Wildman–Crippen LogP) is 0.551. The van der Waals surface area contributed by atoms with Gasteiger partial charge in [-0.1, -0.05) is 0 Å². The van der Waals surface area contributed by atoms with Gasteiger partial charge in [0.15, 0.2) is 0 Å². The minimum atomic E-state index is 1.40. The highest BCUT2D eigenvalue weighted by molar-refractivity contribution is 7.66. The minimum absolute atomic E-state index is 1.40. The lowest BCUT2D eigenvalue weighted by Crippen LogP contribution is -1.31. The third-order valence-corrected chi connectivity index (χ3v) is 0.500. The van der Waals surface area contributed by atoms with Gasteiger partial charge in [-0.3, -0.25) is 0 Å². The van der Waals surface area contributed by atoms with E-state index in [2.05, 4.69) is 25.3 Å². The topological polar surface area (TPSA) is 0 Å². The molecule has 0 heterocycles. The van der Waals surface area contributed by atoms with Crippen molar-refractivity contribution in [2.24, 2.45) is 0 Å². The number of rotatable bonds is 0. The first kappa shape index (κ1) is 4.18. The maximum absolute atomic E-state index is 4.27. The lowest BCUT2D eigenvalue weighted by molar-refractivity contribution is 2.60. The monoisotopic (exact) mass is 90.0 g/mol. The van der Waals surface area contributed by atoms with Crippen molar-refractivity contribution >= 4 is 25.3 Å². The van der Waals surface area contributed by atoms with Crippen LogP contribution in [0.5, 0.6) is 0 Å². The van der Waals surface area contributed by atoms with E-state index >= 15 is 0 Å². The van der Waals surface area contributed by atoms with Crippen molar-refractivity contribution < 1.29 is 0 Å². The van der Waals surface area contributed by atoms with Crippen LogP contribution >= 0.6 is 0 Å². The summed E-state index contributed by atoms with van der Waals surface area (Å²) in [6.07, 6.45) is 0. The molecule has 4 heavy (non-hydrogen) atoms. The lowest BCUT2D eigenvalue weighted by Gasteiger charge is -1.87. The summed E-state index contributed by atoms with van der Waals surface area (Å²) in [5.41, 5.74) is 0. The van der Waals surface area contributed by atoms with Crippen LogP contribution in [0.3, 0.4) is 0 Å². The van der Waals surface area contributed by atoms with Crippen LogP contribution in [-0.4, -0.2) is 0 Å². The zero-order chi connectivity index (χ0) is 3.41. The molecular weight excluding hydrogens is 88.2 g/mol. The third kappa shape index (κ3) is 2.18. The molecule has 0 aromatic rings.